The van der Waals surface area contributed by atoms with Crippen LogP contribution in [0, 0.1) is 19.7 Å². The van der Waals surface area contributed by atoms with E-state index in [0.717, 1.165) is 42.0 Å². The summed E-state index contributed by atoms with van der Waals surface area (Å²) in [4.78, 5) is 14.8. The average Bonchev–Trinajstić information content (AvgIpc) is 3.17. The topological polar surface area (TPSA) is 37.3 Å². The van der Waals surface area contributed by atoms with Gasteiger partial charge in [-0.25, -0.2) is 4.39 Å². The summed E-state index contributed by atoms with van der Waals surface area (Å²) >= 11 is 0. The molecule has 4 nitrogen and oxygen atoms in total. The molecule has 0 atom stereocenters. The van der Waals surface area contributed by atoms with Gasteiger partial charge < -0.3 is 14.8 Å². The largest absolute Gasteiger partial charge is 0.364 e. The molecule has 1 aliphatic heterocycles. The highest BCUT2D eigenvalue weighted by Crippen LogP contribution is 2.29. The van der Waals surface area contributed by atoms with Crippen molar-refractivity contribution >= 4 is 17.3 Å². The summed E-state index contributed by atoms with van der Waals surface area (Å²) in [6.07, 6.45) is 2.98. The number of halogens is 1. The van der Waals surface area contributed by atoms with Crippen LogP contribution in [0.2, 0.25) is 0 Å². The Kier molecular flexibility index (Phi) is 5.38. The zero-order chi connectivity index (χ0) is 20.4. The van der Waals surface area contributed by atoms with Crippen LogP contribution in [-0.2, 0) is 24.3 Å². The first-order valence-corrected chi connectivity index (χ1v) is 10.0. The number of aryl methyl sites for hydroxylation is 3. The number of benzene rings is 2. The fourth-order valence-electron chi connectivity index (χ4n) is 4.01. The van der Waals surface area contributed by atoms with Crippen LogP contribution in [0.1, 0.15) is 28.8 Å². The van der Waals surface area contributed by atoms with Crippen molar-refractivity contribution in [3.63, 3.8) is 0 Å². The Bertz CT molecular complexity index is 1020. The lowest BCUT2D eigenvalue weighted by Gasteiger charge is -2.31. The number of nitrogens with zero attached hydrogens (tertiary/aromatic N) is 2. The summed E-state index contributed by atoms with van der Waals surface area (Å²) in [5.41, 5.74) is 6.32. The van der Waals surface area contributed by atoms with E-state index in [-0.39, 0.29) is 11.7 Å². The van der Waals surface area contributed by atoms with Crippen LogP contribution in [0.25, 0.3) is 0 Å². The van der Waals surface area contributed by atoms with Crippen LogP contribution in [0.15, 0.2) is 54.7 Å². The van der Waals surface area contributed by atoms with Crippen LogP contribution in [0.4, 0.5) is 15.8 Å². The SMILES string of the molecule is Cc1cc(N2CCn3cccc3C2)cc(C)c1NC(=O)CCc1cccc(F)c1. The number of carbonyl (C=O) groups is 1. The first kappa shape index (κ1) is 19.2. The van der Waals surface area contributed by atoms with Gasteiger partial charge in [-0.2, -0.15) is 0 Å². The molecule has 0 unspecified atom stereocenters. The molecular weight excluding hydrogens is 365 g/mol. The van der Waals surface area contributed by atoms with E-state index in [2.05, 4.69) is 45.2 Å². The van der Waals surface area contributed by atoms with Crippen molar-refractivity contribution in [1.29, 1.82) is 0 Å². The second-order valence-corrected chi connectivity index (χ2v) is 7.75. The molecule has 29 heavy (non-hydrogen) atoms. The molecule has 150 valence electrons. The molecule has 0 radical (unpaired) electrons. The maximum Gasteiger partial charge on any atom is 0.224 e. The highest BCUT2D eigenvalue weighted by Gasteiger charge is 2.18. The molecule has 5 heteroatoms. The lowest BCUT2D eigenvalue weighted by Crippen LogP contribution is -2.33. The zero-order valence-corrected chi connectivity index (χ0v) is 16.9. The molecule has 3 aromatic rings. The highest BCUT2D eigenvalue weighted by molar-refractivity contribution is 5.93. The van der Waals surface area contributed by atoms with E-state index in [4.69, 9.17) is 0 Å². The Balaban J connectivity index is 1.43. The normalized spacial score (nSPS) is 13.3. The van der Waals surface area contributed by atoms with E-state index in [9.17, 15) is 9.18 Å². The summed E-state index contributed by atoms with van der Waals surface area (Å²) in [6, 6.07) is 15.0. The van der Waals surface area contributed by atoms with Crippen molar-refractivity contribution in [2.45, 2.75) is 39.8 Å². The number of anilines is 2. The zero-order valence-electron chi connectivity index (χ0n) is 16.9. The van der Waals surface area contributed by atoms with Crippen molar-refractivity contribution in [2.75, 3.05) is 16.8 Å². The molecule has 1 aromatic heterocycles. The molecule has 2 heterocycles. The molecule has 1 N–H and O–H groups in total. The molecule has 2 aromatic carbocycles. The molecule has 1 amide bonds. The van der Waals surface area contributed by atoms with E-state index < -0.39 is 0 Å². The first-order valence-electron chi connectivity index (χ1n) is 10.0. The van der Waals surface area contributed by atoms with Crippen molar-refractivity contribution in [3.05, 3.63) is 82.9 Å². The van der Waals surface area contributed by atoms with Crippen molar-refractivity contribution in [2.24, 2.45) is 0 Å². The van der Waals surface area contributed by atoms with E-state index in [1.807, 2.05) is 19.9 Å². The molecule has 0 aliphatic carbocycles. The average molecular weight is 391 g/mol. The third kappa shape index (κ3) is 4.34. The van der Waals surface area contributed by atoms with Gasteiger partial charge >= 0.3 is 0 Å². The van der Waals surface area contributed by atoms with Gasteiger partial charge in [-0.1, -0.05) is 12.1 Å². The number of hydrogen-bond donors (Lipinski definition) is 1. The molecule has 0 saturated heterocycles. The highest BCUT2D eigenvalue weighted by atomic mass is 19.1. The van der Waals surface area contributed by atoms with Crippen molar-refractivity contribution in [1.82, 2.24) is 4.57 Å². The minimum atomic E-state index is -0.268. The summed E-state index contributed by atoms with van der Waals surface area (Å²) in [5.74, 6) is -0.320. The number of carbonyl (C=O) groups excluding carboxylic acids is 1. The Hall–Kier alpha value is -3.08. The first-order chi connectivity index (χ1) is 14.0. The van der Waals surface area contributed by atoms with Crippen molar-refractivity contribution in [3.8, 4) is 0 Å². The fraction of sp³-hybridized carbons (Fsp3) is 0.292. The third-order valence-electron chi connectivity index (χ3n) is 5.56. The van der Waals surface area contributed by atoms with Gasteiger partial charge in [-0.3, -0.25) is 4.79 Å². The minimum absolute atomic E-state index is 0.0518. The fourth-order valence-corrected chi connectivity index (χ4v) is 4.01. The number of hydrogen-bond acceptors (Lipinski definition) is 2. The number of rotatable bonds is 5. The van der Waals surface area contributed by atoms with Crippen LogP contribution in [0.3, 0.4) is 0 Å². The summed E-state index contributed by atoms with van der Waals surface area (Å²) in [6.45, 7) is 6.92. The van der Waals surface area contributed by atoms with Gasteiger partial charge in [0.2, 0.25) is 5.91 Å². The van der Waals surface area contributed by atoms with E-state index in [0.29, 0.717) is 12.8 Å². The molecule has 0 saturated carbocycles. The summed E-state index contributed by atoms with van der Waals surface area (Å²) < 4.78 is 15.6. The third-order valence-corrected chi connectivity index (χ3v) is 5.56. The van der Waals surface area contributed by atoms with E-state index in [1.54, 1.807) is 6.07 Å². The lowest BCUT2D eigenvalue weighted by molar-refractivity contribution is -0.116. The van der Waals surface area contributed by atoms with Gasteiger partial charge in [-0.15, -0.1) is 0 Å². The van der Waals surface area contributed by atoms with Gasteiger partial charge in [0.25, 0.3) is 0 Å². The Morgan fingerprint density at radius 2 is 1.86 bits per heavy atom. The monoisotopic (exact) mass is 391 g/mol. The number of fused-ring (bicyclic) bond motifs is 1. The molecular formula is C24H26FN3O. The second kappa shape index (κ2) is 8.11. The number of aromatic nitrogens is 1. The van der Waals surface area contributed by atoms with E-state index in [1.165, 1.54) is 23.5 Å². The number of amides is 1. The number of nitrogens with one attached hydrogen (secondary N) is 1. The van der Waals surface area contributed by atoms with Gasteiger partial charge in [0.05, 0.1) is 6.54 Å². The van der Waals surface area contributed by atoms with Crippen LogP contribution >= 0.6 is 0 Å². The minimum Gasteiger partial charge on any atom is -0.364 e. The Morgan fingerprint density at radius 1 is 1.07 bits per heavy atom. The predicted octanol–water partition coefficient (Wildman–Crippen LogP) is 4.84. The lowest BCUT2D eigenvalue weighted by atomic mass is 10.1. The maximum absolute atomic E-state index is 13.3. The molecule has 0 fully saturated rings. The Labute approximate surface area is 171 Å². The maximum atomic E-state index is 13.3. The van der Waals surface area contributed by atoms with Gasteiger partial charge in [0, 0.05) is 42.8 Å². The molecule has 0 spiro atoms. The van der Waals surface area contributed by atoms with Crippen LogP contribution in [0.5, 0.6) is 0 Å². The van der Waals surface area contributed by atoms with Gasteiger partial charge in [0.15, 0.2) is 0 Å². The quantitative estimate of drug-likeness (QED) is 0.676. The smallest absolute Gasteiger partial charge is 0.224 e. The van der Waals surface area contributed by atoms with Crippen LogP contribution in [-0.4, -0.2) is 17.0 Å². The Morgan fingerprint density at radius 3 is 2.62 bits per heavy atom. The van der Waals surface area contributed by atoms with Gasteiger partial charge in [0.1, 0.15) is 5.82 Å². The second-order valence-electron chi connectivity index (χ2n) is 7.75. The van der Waals surface area contributed by atoms with Crippen molar-refractivity contribution < 1.29 is 9.18 Å². The standard InChI is InChI=1S/C24H26FN3O/c1-17-13-22(28-12-11-27-10-4-7-21(27)16-28)14-18(2)24(17)26-23(29)9-8-19-5-3-6-20(25)15-19/h3-7,10,13-15H,8-9,11-12,16H2,1-2H3,(H,26,29). The van der Waals surface area contributed by atoms with Crippen LogP contribution < -0.4 is 10.2 Å². The summed E-state index contributed by atoms with van der Waals surface area (Å²) in [7, 11) is 0. The van der Waals surface area contributed by atoms with E-state index >= 15 is 0 Å². The molecule has 0 bridgehead atoms. The predicted molar refractivity (Wildman–Crippen MR) is 115 cm³/mol. The molecule has 4 rings (SSSR count). The van der Waals surface area contributed by atoms with Gasteiger partial charge in [-0.05, 0) is 73.4 Å². The molecule has 1 aliphatic rings. The summed E-state index contributed by atoms with van der Waals surface area (Å²) in [5, 5.41) is 3.05.